The zero-order valence-corrected chi connectivity index (χ0v) is 20.6. The van der Waals surface area contributed by atoms with Crippen molar-refractivity contribution in [1.29, 1.82) is 0 Å². The summed E-state index contributed by atoms with van der Waals surface area (Å²) in [5.41, 5.74) is 5.60. The number of carboxylic acids is 1. The Morgan fingerprint density at radius 3 is 2.39 bits per heavy atom. The number of hydrogen-bond donors (Lipinski definition) is 2. The lowest BCUT2D eigenvalue weighted by atomic mass is 9.43. The number of nitrogens with two attached hydrogens (primary N) is 1. The van der Waals surface area contributed by atoms with E-state index >= 15 is 0 Å². The van der Waals surface area contributed by atoms with Gasteiger partial charge in [0.05, 0.1) is 11.7 Å². The van der Waals surface area contributed by atoms with Crippen molar-refractivity contribution < 1.29 is 19.2 Å². The average Bonchev–Trinajstić information content (AvgIpc) is 2.98. The summed E-state index contributed by atoms with van der Waals surface area (Å²) >= 11 is 0. The molecule has 0 radical (unpaired) electrons. The van der Waals surface area contributed by atoms with E-state index in [2.05, 4.69) is 39.5 Å². The molecule has 1 heterocycles. The monoisotopic (exact) mass is 434 g/mol. The molecule has 7 heteroatoms. The van der Waals surface area contributed by atoms with Gasteiger partial charge in [0.15, 0.2) is 0 Å². The van der Waals surface area contributed by atoms with Gasteiger partial charge in [-0.25, -0.2) is 0 Å². The van der Waals surface area contributed by atoms with Gasteiger partial charge < -0.3 is 25.0 Å². The molecule has 4 saturated carbocycles. The molecule has 5 aliphatic rings. The average molecular weight is 434 g/mol. The number of aliphatic carboxylic acids is 1. The molecular formula is C24H43BN2O4. The van der Waals surface area contributed by atoms with Crippen molar-refractivity contribution in [2.45, 2.75) is 90.3 Å². The molecule has 1 saturated heterocycles. The number of nitrogens with zero attached hydrogens (tertiary/aromatic N) is 1. The van der Waals surface area contributed by atoms with E-state index in [1.807, 2.05) is 14.1 Å². The van der Waals surface area contributed by atoms with E-state index in [0.717, 1.165) is 31.5 Å². The zero-order chi connectivity index (χ0) is 23.0. The van der Waals surface area contributed by atoms with Crippen LogP contribution in [0.25, 0.3) is 0 Å². The van der Waals surface area contributed by atoms with Crippen LogP contribution in [0, 0.1) is 34.5 Å². The van der Waals surface area contributed by atoms with Gasteiger partial charge in [0.1, 0.15) is 5.54 Å². The lowest BCUT2D eigenvalue weighted by Gasteiger charge is -2.64. The second kappa shape index (κ2) is 7.44. The fourth-order valence-corrected chi connectivity index (χ4v) is 7.67. The first-order chi connectivity index (χ1) is 14.2. The molecule has 31 heavy (non-hydrogen) atoms. The minimum absolute atomic E-state index is 0.0395. The fraction of sp³-hybridized carbons (Fsp3) is 0.958. The van der Waals surface area contributed by atoms with Gasteiger partial charge >= 0.3 is 13.1 Å². The van der Waals surface area contributed by atoms with Gasteiger partial charge in [-0.15, -0.1) is 0 Å². The highest BCUT2D eigenvalue weighted by Crippen LogP contribution is 2.66. The largest absolute Gasteiger partial charge is 0.480 e. The summed E-state index contributed by atoms with van der Waals surface area (Å²) in [6, 6.07) is 0. The molecule has 2 bridgehead atoms. The van der Waals surface area contributed by atoms with Gasteiger partial charge in [0, 0.05) is 12.5 Å². The molecule has 0 spiro atoms. The summed E-state index contributed by atoms with van der Waals surface area (Å²) in [4.78, 5) is 14.3. The second-order valence-corrected chi connectivity index (χ2v) is 12.9. The Labute approximate surface area is 188 Å². The van der Waals surface area contributed by atoms with Crippen molar-refractivity contribution in [2.24, 2.45) is 40.2 Å². The van der Waals surface area contributed by atoms with Crippen LogP contribution in [0.1, 0.15) is 66.7 Å². The highest BCUT2D eigenvalue weighted by molar-refractivity contribution is 6.45. The molecule has 0 unspecified atom stereocenters. The Balaban J connectivity index is 1.42. The van der Waals surface area contributed by atoms with E-state index in [-0.39, 0.29) is 36.1 Å². The summed E-state index contributed by atoms with van der Waals surface area (Å²) in [7, 11) is 3.79. The van der Waals surface area contributed by atoms with Crippen LogP contribution < -0.4 is 5.73 Å². The predicted molar refractivity (Wildman–Crippen MR) is 123 cm³/mol. The second-order valence-electron chi connectivity index (χ2n) is 12.9. The first kappa shape index (κ1) is 23.5. The highest BCUT2D eigenvalue weighted by Gasteiger charge is 2.67. The van der Waals surface area contributed by atoms with Gasteiger partial charge in [-0.2, -0.15) is 0 Å². The van der Waals surface area contributed by atoms with Crippen LogP contribution in [0.4, 0.5) is 0 Å². The quantitative estimate of drug-likeness (QED) is 0.623. The van der Waals surface area contributed by atoms with Crippen LogP contribution in [0.3, 0.4) is 0 Å². The Kier molecular flexibility index (Phi) is 5.65. The number of carboxylic acid groups (broad SMARTS) is 1. The van der Waals surface area contributed by atoms with E-state index in [4.69, 9.17) is 15.0 Å². The predicted octanol–water partition coefficient (Wildman–Crippen LogP) is 3.50. The minimum atomic E-state index is -1.17. The zero-order valence-electron chi connectivity index (χ0n) is 20.6. The third-order valence-electron chi connectivity index (χ3n) is 9.93. The maximum Gasteiger partial charge on any atom is 0.457 e. The summed E-state index contributed by atoms with van der Waals surface area (Å²) in [6.45, 7) is 12.3. The van der Waals surface area contributed by atoms with E-state index in [1.54, 1.807) is 0 Å². The SMILES string of the molecule is CN(C)C[C@@H]1CC(C)(C)[C@@H](CCB2O[C@H]3C[C@H]4C[C@H](C4(C)C)[C@@]3(C)O2)C[C@]1(N)C(=O)O. The van der Waals surface area contributed by atoms with Gasteiger partial charge in [-0.3, -0.25) is 4.79 Å². The standard InChI is InChI=1S/C24H43BN2O4/c1-21(2)12-17(14-27(6)7)24(26,20(28)29)13-15(21)8-9-25-30-19-11-16-10-18(22(16,3)4)23(19,5)31-25/h15-19H,8-14,26H2,1-7H3,(H,28,29)/t15-,16+,17-,18+,19-,23+,24+/m0/s1. The molecule has 176 valence electrons. The van der Waals surface area contributed by atoms with E-state index in [9.17, 15) is 9.90 Å². The molecule has 0 aromatic rings. The first-order valence-electron chi connectivity index (χ1n) is 12.2. The van der Waals surface area contributed by atoms with Gasteiger partial charge in [0.25, 0.3) is 0 Å². The van der Waals surface area contributed by atoms with Gasteiger partial charge in [-0.05, 0) is 81.6 Å². The van der Waals surface area contributed by atoms with Gasteiger partial charge in [0.2, 0.25) is 0 Å². The molecule has 0 aromatic carbocycles. The Morgan fingerprint density at radius 1 is 1.13 bits per heavy atom. The molecule has 5 fully saturated rings. The number of rotatable bonds is 6. The van der Waals surface area contributed by atoms with Crippen molar-refractivity contribution >= 4 is 13.1 Å². The van der Waals surface area contributed by atoms with E-state index in [0.29, 0.717) is 24.3 Å². The lowest BCUT2D eigenvalue weighted by Crippen LogP contribution is -2.65. The minimum Gasteiger partial charge on any atom is -0.480 e. The molecule has 1 aliphatic heterocycles. The van der Waals surface area contributed by atoms with Crippen molar-refractivity contribution in [2.75, 3.05) is 20.6 Å². The molecule has 0 aromatic heterocycles. The maximum absolute atomic E-state index is 12.2. The Morgan fingerprint density at radius 2 is 1.81 bits per heavy atom. The third-order valence-corrected chi connectivity index (χ3v) is 9.93. The Hall–Kier alpha value is -0.625. The molecule has 5 rings (SSSR count). The normalized spacial score (nSPS) is 45.3. The molecule has 3 N–H and O–H groups in total. The molecular weight excluding hydrogens is 391 g/mol. The molecule has 4 aliphatic carbocycles. The van der Waals surface area contributed by atoms with Gasteiger partial charge in [-0.1, -0.05) is 34.1 Å². The first-order valence-corrected chi connectivity index (χ1v) is 12.2. The molecule has 0 amide bonds. The highest BCUT2D eigenvalue weighted by atomic mass is 16.7. The van der Waals surface area contributed by atoms with Crippen LogP contribution in [0.2, 0.25) is 6.32 Å². The van der Waals surface area contributed by atoms with E-state index < -0.39 is 11.5 Å². The number of carbonyl (C=O) groups is 1. The van der Waals surface area contributed by atoms with Crippen molar-refractivity contribution in [3.8, 4) is 0 Å². The van der Waals surface area contributed by atoms with Crippen molar-refractivity contribution in [3.05, 3.63) is 0 Å². The van der Waals surface area contributed by atoms with Crippen molar-refractivity contribution in [1.82, 2.24) is 4.90 Å². The maximum atomic E-state index is 12.2. The van der Waals surface area contributed by atoms with Crippen LogP contribution >= 0.6 is 0 Å². The molecule has 7 atom stereocenters. The summed E-state index contributed by atoms with van der Waals surface area (Å²) in [6.07, 6.45) is 5.59. The summed E-state index contributed by atoms with van der Waals surface area (Å²) in [5, 5.41) is 10.0. The lowest BCUT2D eigenvalue weighted by molar-refractivity contribution is -0.199. The van der Waals surface area contributed by atoms with Crippen LogP contribution in [-0.4, -0.2) is 61.0 Å². The third kappa shape index (κ3) is 3.68. The number of hydrogen-bond acceptors (Lipinski definition) is 5. The summed E-state index contributed by atoms with van der Waals surface area (Å²) < 4.78 is 13.0. The summed E-state index contributed by atoms with van der Waals surface area (Å²) in [5.74, 6) is 0.627. The Bertz CT molecular complexity index is 728. The van der Waals surface area contributed by atoms with Crippen LogP contribution in [-0.2, 0) is 14.1 Å². The topological polar surface area (TPSA) is 85.0 Å². The van der Waals surface area contributed by atoms with Crippen LogP contribution in [0.5, 0.6) is 0 Å². The van der Waals surface area contributed by atoms with Crippen LogP contribution in [0.15, 0.2) is 0 Å². The smallest absolute Gasteiger partial charge is 0.457 e. The van der Waals surface area contributed by atoms with E-state index in [1.165, 1.54) is 6.42 Å². The van der Waals surface area contributed by atoms with Crippen molar-refractivity contribution in [3.63, 3.8) is 0 Å². The fourth-order valence-electron chi connectivity index (χ4n) is 7.67. The molecule has 6 nitrogen and oxygen atoms in total.